The summed E-state index contributed by atoms with van der Waals surface area (Å²) in [7, 11) is 0. The molecule has 162 valence electrons. The molecule has 2 heterocycles. The number of hydrogen-bond donors (Lipinski definition) is 3. The Morgan fingerprint density at radius 2 is 1.83 bits per heavy atom. The molecule has 0 atom stereocenters. The molecule has 6 nitrogen and oxygen atoms in total. The van der Waals surface area contributed by atoms with E-state index in [1.165, 1.54) is 25.3 Å². The van der Waals surface area contributed by atoms with Crippen molar-refractivity contribution in [1.29, 1.82) is 0 Å². The smallest absolute Gasteiger partial charge is 0.163 e. The van der Waals surface area contributed by atoms with Gasteiger partial charge in [0.2, 0.25) is 0 Å². The Morgan fingerprint density at radius 1 is 1.07 bits per heavy atom. The minimum atomic E-state index is -0.216. The van der Waals surface area contributed by atoms with Crippen molar-refractivity contribution in [2.75, 3.05) is 23.7 Å². The average molecular weight is 413 g/mol. The van der Waals surface area contributed by atoms with Crippen LogP contribution in [0.5, 0.6) is 0 Å². The van der Waals surface area contributed by atoms with Crippen LogP contribution in [0.25, 0.3) is 5.65 Å². The van der Waals surface area contributed by atoms with Gasteiger partial charge in [0.15, 0.2) is 5.65 Å². The van der Waals surface area contributed by atoms with Crippen molar-refractivity contribution in [2.45, 2.75) is 58.4 Å². The van der Waals surface area contributed by atoms with Crippen LogP contribution in [0, 0.1) is 5.82 Å². The van der Waals surface area contributed by atoms with E-state index in [0.717, 1.165) is 48.8 Å². The lowest BCUT2D eigenvalue weighted by Gasteiger charge is -2.13. The number of rotatable bonds is 12. The first-order valence-electron chi connectivity index (χ1n) is 10.9. The van der Waals surface area contributed by atoms with Crippen molar-refractivity contribution in [3.63, 3.8) is 0 Å². The van der Waals surface area contributed by atoms with Gasteiger partial charge in [-0.2, -0.15) is 9.61 Å². The van der Waals surface area contributed by atoms with Gasteiger partial charge in [-0.1, -0.05) is 51.3 Å². The summed E-state index contributed by atoms with van der Waals surface area (Å²) in [6, 6.07) is 8.74. The molecule has 3 rings (SSSR count). The summed E-state index contributed by atoms with van der Waals surface area (Å²) in [6.07, 6.45) is 7.63. The third kappa shape index (κ3) is 5.69. The largest absolute Gasteiger partial charge is 0.370 e. The quantitative estimate of drug-likeness (QED) is 0.368. The van der Waals surface area contributed by atoms with Crippen LogP contribution in [0.4, 0.5) is 16.0 Å². The van der Waals surface area contributed by atoms with Crippen LogP contribution in [-0.2, 0) is 6.54 Å². The van der Waals surface area contributed by atoms with E-state index in [0.29, 0.717) is 18.0 Å². The first-order valence-corrected chi connectivity index (χ1v) is 10.9. The number of unbranched alkanes of at least 4 members (excludes halogenated alkanes) is 4. The van der Waals surface area contributed by atoms with E-state index in [1.54, 1.807) is 16.6 Å². The number of anilines is 2. The number of nitrogens with one attached hydrogen (secondary N) is 2. The van der Waals surface area contributed by atoms with Gasteiger partial charge in [0, 0.05) is 30.3 Å². The molecule has 0 spiro atoms. The van der Waals surface area contributed by atoms with Gasteiger partial charge in [0.25, 0.3) is 0 Å². The molecule has 4 N–H and O–H groups in total. The van der Waals surface area contributed by atoms with Crippen LogP contribution >= 0.6 is 0 Å². The fourth-order valence-electron chi connectivity index (χ4n) is 3.45. The van der Waals surface area contributed by atoms with E-state index in [-0.39, 0.29) is 5.82 Å². The van der Waals surface area contributed by atoms with Gasteiger partial charge in [-0.05, 0) is 31.4 Å². The molecule has 30 heavy (non-hydrogen) atoms. The maximum atomic E-state index is 14.0. The first kappa shape index (κ1) is 22.0. The van der Waals surface area contributed by atoms with Crippen molar-refractivity contribution in [2.24, 2.45) is 5.73 Å². The molecule has 0 saturated heterocycles. The second-order valence-electron chi connectivity index (χ2n) is 7.94. The molecule has 1 aromatic carbocycles. The minimum Gasteiger partial charge on any atom is -0.370 e. The molecule has 2 aromatic heterocycles. The van der Waals surface area contributed by atoms with Gasteiger partial charge in [0.1, 0.15) is 17.5 Å². The summed E-state index contributed by atoms with van der Waals surface area (Å²) >= 11 is 0. The molecule has 0 aliphatic rings. The van der Waals surface area contributed by atoms with Crippen LogP contribution in [0.2, 0.25) is 0 Å². The molecule has 7 heteroatoms. The van der Waals surface area contributed by atoms with Crippen LogP contribution in [0.15, 0.2) is 36.5 Å². The fourth-order valence-corrected chi connectivity index (χ4v) is 3.45. The molecular weight excluding hydrogens is 379 g/mol. The first-order chi connectivity index (χ1) is 14.6. The summed E-state index contributed by atoms with van der Waals surface area (Å²) < 4.78 is 15.8. The lowest BCUT2D eigenvalue weighted by atomic mass is 10.1. The molecule has 0 aliphatic carbocycles. The standard InChI is InChI=1S/C23H33FN6/c1-17(2)19-16-28-30-22(27-15-18-10-6-7-11-20(18)24)14-21(29-23(19)30)26-13-9-5-3-4-8-12-25/h6-7,10-11,14,16-17,27H,3-5,8-9,12-13,15,25H2,1-2H3,(H,26,29). The number of halogens is 1. The van der Waals surface area contributed by atoms with Crippen LogP contribution in [0.3, 0.4) is 0 Å². The fraction of sp³-hybridized carbons (Fsp3) is 0.478. The zero-order valence-electron chi connectivity index (χ0n) is 18.0. The Labute approximate surface area is 178 Å². The third-order valence-corrected chi connectivity index (χ3v) is 5.23. The van der Waals surface area contributed by atoms with Gasteiger partial charge < -0.3 is 16.4 Å². The molecule has 0 bridgehead atoms. The molecule has 0 saturated carbocycles. The normalized spacial score (nSPS) is 11.4. The molecule has 0 amide bonds. The molecule has 0 fully saturated rings. The predicted molar refractivity (Wildman–Crippen MR) is 121 cm³/mol. The molecule has 0 radical (unpaired) electrons. The monoisotopic (exact) mass is 412 g/mol. The number of benzene rings is 1. The summed E-state index contributed by atoms with van der Waals surface area (Å²) in [5.74, 6) is 1.70. The Kier molecular flexibility index (Phi) is 8.02. The topological polar surface area (TPSA) is 80.3 Å². The molecular formula is C23H33FN6. The van der Waals surface area contributed by atoms with Crippen molar-refractivity contribution in [1.82, 2.24) is 14.6 Å². The van der Waals surface area contributed by atoms with Crippen molar-refractivity contribution in [3.8, 4) is 0 Å². The highest BCUT2D eigenvalue weighted by molar-refractivity contribution is 5.61. The predicted octanol–water partition coefficient (Wildman–Crippen LogP) is 4.93. The SMILES string of the molecule is CC(C)c1cnn2c(NCc3ccccc3F)cc(NCCCCCCCN)nc12. The highest BCUT2D eigenvalue weighted by Gasteiger charge is 2.14. The van der Waals surface area contributed by atoms with E-state index in [4.69, 9.17) is 10.7 Å². The summed E-state index contributed by atoms with van der Waals surface area (Å²) in [5, 5.41) is 11.3. The Hall–Kier alpha value is -2.67. The highest BCUT2D eigenvalue weighted by atomic mass is 19.1. The van der Waals surface area contributed by atoms with Gasteiger partial charge in [-0.25, -0.2) is 9.37 Å². The van der Waals surface area contributed by atoms with Gasteiger partial charge >= 0.3 is 0 Å². The molecule has 0 unspecified atom stereocenters. The molecule has 0 aliphatic heterocycles. The number of hydrogen-bond acceptors (Lipinski definition) is 5. The van der Waals surface area contributed by atoms with E-state index in [9.17, 15) is 4.39 Å². The van der Waals surface area contributed by atoms with Crippen molar-refractivity contribution in [3.05, 3.63) is 53.5 Å². The van der Waals surface area contributed by atoms with Gasteiger partial charge in [0.05, 0.1) is 6.20 Å². The number of fused-ring (bicyclic) bond motifs is 1. The zero-order chi connectivity index (χ0) is 21.3. The van der Waals surface area contributed by atoms with Gasteiger partial charge in [-0.15, -0.1) is 0 Å². The van der Waals surface area contributed by atoms with Crippen molar-refractivity contribution < 1.29 is 4.39 Å². The average Bonchev–Trinajstić information content (AvgIpc) is 3.17. The van der Waals surface area contributed by atoms with Gasteiger partial charge in [-0.3, -0.25) is 0 Å². The van der Waals surface area contributed by atoms with E-state index in [2.05, 4.69) is 29.6 Å². The lowest BCUT2D eigenvalue weighted by molar-refractivity contribution is 0.612. The maximum Gasteiger partial charge on any atom is 0.163 e. The lowest BCUT2D eigenvalue weighted by Crippen LogP contribution is -2.10. The van der Waals surface area contributed by atoms with Crippen LogP contribution in [0.1, 0.15) is 63.0 Å². The second kappa shape index (κ2) is 10.9. The second-order valence-corrected chi connectivity index (χ2v) is 7.94. The Bertz CT molecular complexity index is 937. The summed E-state index contributed by atoms with van der Waals surface area (Å²) in [6.45, 7) is 6.28. The van der Waals surface area contributed by atoms with Crippen LogP contribution in [-0.4, -0.2) is 27.7 Å². The third-order valence-electron chi connectivity index (χ3n) is 5.23. The Balaban J connectivity index is 1.73. The number of aromatic nitrogens is 3. The summed E-state index contributed by atoms with van der Waals surface area (Å²) in [4.78, 5) is 4.80. The van der Waals surface area contributed by atoms with Crippen LogP contribution < -0.4 is 16.4 Å². The number of nitrogens with zero attached hydrogens (tertiary/aromatic N) is 3. The number of nitrogens with two attached hydrogens (primary N) is 1. The maximum absolute atomic E-state index is 14.0. The van der Waals surface area contributed by atoms with E-state index in [1.807, 2.05) is 18.3 Å². The van der Waals surface area contributed by atoms with Crippen molar-refractivity contribution >= 4 is 17.3 Å². The summed E-state index contributed by atoms with van der Waals surface area (Å²) in [5.41, 5.74) is 8.08. The molecule has 3 aromatic rings. The minimum absolute atomic E-state index is 0.216. The van der Waals surface area contributed by atoms with E-state index < -0.39 is 0 Å². The highest BCUT2D eigenvalue weighted by Crippen LogP contribution is 2.24. The van der Waals surface area contributed by atoms with E-state index >= 15 is 0 Å². The zero-order valence-corrected chi connectivity index (χ0v) is 18.0. The Morgan fingerprint density at radius 3 is 2.60 bits per heavy atom.